The van der Waals surface area contributed by atoms with Crippen molar-refractivity contribution in [2.45, 2.75) is 62.9 Å². The molecule has 0 spiro atoms. The molecule has 3 aromatic rings. The Morgan fingerprint density at radius 3 is 2.17 bits per heavy atom. The summed E-state index contributed by atoms with van der Waals surface area (Å²) in [5, 5.41) is 2.91. The fraction of sp³-hybridized carbons (Fsp3) is 0.355. The second-order valence-electron chi connectivity index (χ2n) is 9.75. The highest BCUT2D eigenvalue weighted by atomic mass is 32.2. The minimum Gasteiger partial charge on any atom is -0.354 e. The van der Waals surface area contributed by atoms with Gasteiger partial charge in [-0.1, -0.05) is 61.4 Å². The molecule has 40 heavy (non-hydrogen) atoms. The van der Waals surface area contributed by atoms with E-state index in [4.69, 9.17) is 0 Å². The first kappa shape index (κ1) is 31.2. The Bertz CT molecular complexity index is 1390. The van der Waals surface area contributed by atoms with Crippen LogP contribution in [0.25, 0.3) is 0 Å². The molecule has 0 aliphatic carbocycles. The molecule has 1 atom stereocenters. The number of hydrogen-bond acceptors (Lipinski definition) is 5. The number of rotatable bonds is 13. The molecular formula is C31H39N3O4S2. The first-order valence-corrected chi connectivity index (χ1v) is 16.1. The minimum absolute atomic E-state index is 0.0941. The van der Waals surface area contributed by atoms with E-state index in [-0.39, 0.29) is 17.3 Å². The van der Waals surface area contributed by atoms with Crippen molar-refractivity contribution < 1.29 is 18.0 Å². The number of nitrogens with zero attached hydrogens (tertiary/aromatic N) is 2. The van der Waals surface area contributed by atoms with Gasteiger partial charge in [0.05, 0.1) is 10.6 Å². The number of carbonyl (C=O) groups is 2. The molecule has 9 heteroatoms. The highest BCUT2D eigenvalue weighted by Crippen LogP contribution is 2.27. The summed E-state index contributed by atoms with van der Waals surface area (Å²) in [6, 6.07) is 20.7. The van der Waals surface area contributed by atoms with Crippen LogP contribution in [0.1, 0.15) is 43.4 Å². The molecule has 2 amide bonds. The zero-order chi connectivity index (χ0) is 29.3. The third-order valence-electron chi connectivity index (χ3n) is 6.62. The maximum absolute atomic E-state index is 14.1. The molecule has 0 saturated carbocycles. The largest absolute Gasteiger partial charge is 0.354 e. The zero-order valence-electron chi connectivity index (χ0n) is 23.9. The Balaban J connectivity index is 2.04. The molecule has 0 aliphatic rings. The van der Waals surface area contributed by atoms with E-state index in [1.807, 2.05) is 70.3 Å². The summed E-state index contributed by atoms with van der Waals surface area (Å²) in [6.45, 7) is 7.94. The van der Waals surface area contributed by atoms with E-state index >= 15 is 0 Å². The maximum Gasteiger partial charge on any atom is 0.264 e. The molecule has 3 rings (SSSR count). The Kier molecular flexibility index (Phi) is 11.2. The standard InChI is InChI=1S/C31H39N3O4S2/c1-6-19-32-31(36)29(7-2)33(21-25-10-8-9-24(4)20-25)30(35)22-34(26-13-11-23(3)12-14-26)40(37,38)28-17-15-27(39-5)16-18-28/h8-18,20,29H,6-7,19,21-22H2,1-5H3,(H,32,36). The van der Waals surface area contributed by atoms with E-state index in [9.17, 15) is 18.0 Å². The fourth-order valence-electron chi connectivity index (χ4n) is 4.41. The van der Waals surface area contributed by atoms with E-state index in [2.05, 4.69) is 5.32 Å². The molecule has 1 unspecified atom stereocenters. The Hall–Kier alpha value is -3.30. The lowest BCUT2D eigenvalue weighted by atomic mass is 10.1. The van der Waals surface area contributed by atoms with Crippen LogP contribution in [0.15, 0.2) is 82.6 Å². The number of anilines is 1. The van der Waals surface area contributed by atoms with Gasteiger partial charge in [0, 0.05) is 18.0 Å². The van der Waals surface area contributed by atoms with Crippen molar-refractivity contribution >= 4 is 39.3 Å². The topological polar surface area (TPSA) is 86.8 Å². The van der Waals surface area contributed by atoms with Crippen LogP contribution >= 0.6 is 11.8 Å². The smallest absolute Gasteiger partial charge is 0.264 e. The van der Waals surface area contributed by atoms with Crippen molar-refractivity contribution in [2.24, 2.45) is 0 Å². The molecular weight excluding hydrogens is 542 g/mol. The van der Waals surface area contributed by atoms with Gasteiger partial charge in [0.1, 0.15) is 12.6 Å². The van der Waals surface area contributed by atoms with Gasteiger partial charge in [0.15, 0.2) is 0 Å². The van der Waals surface area contributed by atoms with Crippen molar-refractivity contribution in [3.63, 3.8) is 0 Å². The van der Waals surface area contributed by atoms with Crippen LogP contribution in [0.3, 0.4) is 0 Å². The van der Waals surface area contributed by atoms with Crippen LogP contribution in [-0.2, 0) is 26.2 Å². The van der Waals surface area contributed by atoms with Gasteiger partial charge < -0.3 is 10.2 Å². The van der Waals surface area contributed by atoms with E-state index in [1.165, 1.54) is 16.7 Å². The number of benzene rings is 3. The summed E-state index contributed by atoms with van der Waals surface area (Å²) in [7, 11) is -4.09. The number of amides is 2. The lowest BCUT2D eigenvalue weighted by Crippen LogP contribution is -2.52. The normalized spacial score (nSPS) is 12.0. The van der Waals surface area contributed by atoms with Crippen molar-refractivity contribution in [3.05, 3.63) is 89.5 Å². The molecule has 214 valence electrons. The average Bonchev–Trinajstić information content (AvgIpc) is 2.95. The predicted octanol–water partition coefficient (Wildman–Crippen LogP) is 5.55. The Morgan fingerprint density at radius 2 is 1.60 bits per heavy atom. The molecule has 0 aliphatic heterocycles. The second kappa shape index (κ2) is 14.4. The Labute approximate surface area is 243 Å². The van der Waals surface area contributed by atoms with Crippen molar-refractivity contribution in [1.29, 1.82) is 0 Å². The van der Waals surface area contributed by atoms with Crippen molar-refractivity contribution in [2.75, 3.05) is 23.7 Å². The molecule has 0 fully saturated rings. The van der Waals surface area contributed by atoms with Gasteiger partial charge in [-0.25, -0.2) is 8.42 Å². The van der Waals surface area contributed by atoms with Crippen molar-refractivity contribution in [1.82, 2.24) is 10.2 Å². The summed E-state index contributed by atoms with van der Waals surface area (Å²) < 4.78 is 29.1. The molecule has 1 N–H and O–H groups in total. The minimum atomic E-state index is -4.09. The zero-order valence-corrected chi connectivity index (χ0v) is 25.5. The molecule has 7 nitrogen and oxygen atoms in total. The summed E-state index contributed by atoms with van der Waals surface area (Å²) in [4.78, 5) is 29.8. The highest BCUT2D eigenvalue weighted by molar-refractivity contribution is 7.98. The van der Waals surface area contributed by atoms with Gasteiger partial charge in [-0.05, 0) is 74.9 Å². The van der Waals surface area contributed by atoms with Crippen LogP contribution in [0.2, 0.25) is 0 Å². The summed E-state index contributed by atoms with van der Waals surface area (Å²) >= 11 is 1.52. The third kappa shape index (κ3) is 7.88. The Morgan fingerprint density at radius 1 is 0.925 bits per heavy atom. The van der Waals surface area contributed by atoms with E-state index in [1.54, 1.807) is 36.4 Å². The number of nitrogens with one attached hydrogen (secondary N) is 1. The van der Waals surface area contributed by atoms with Gasteiger partial charge in [-0.3, -0.25) is 13.9 Å². The molecule has 0 bridgehead atoms. The summed E-state index contributed by atoms with van der Waals surface area (Å²) in [6.07, 6.45) is 3.08. The van der Waals surface area contributed by atoms with E-state index in [0.717, 1.165) is 32.3 Å². The van der Waals surface area contributed by atoms with Crippen LogP contribution in [-0.4, -0.2) is 50.5 Å². The number of thioether (sulfide) groups is 1. The second-order valence-corrected chi connectivity index (χ2v) is 12.5. The summed E-state index contributed by atoms with van der Waals surface area (Å²) in [5.41, 5.74) is 3.25. The molecule has 0 aromatic heterocycles. The van der Waals surface area contributed by atoms with Gasteiger partial charge >= 0.3 is 0 Å². The number of aryl methyl sites for hydroxylation is 2. The average molecular weight is 582 g/mol. The maximum atomic E-state index is 14.1. The third-order valence-corrected chi connectivity index (χ3v) is 9.15. The number of carbonyl (C=O) groups excluding carboxylic acids is 2. The fourth-order valence-corrected chi connectivity index (χ4v) is 6.23. The van der Waals surface area contributed by atoms with Gasteiger partial charge in [-0.15, -0.1) is 11.8 Å². The lowest BCUT2D eigenvalue weighted by molar-refractivity contribution is -0.140. The molecule has 3 aromatic carbocycles. The molecule has 0 radical (unpaired) electrons. The van der Waals surface area contributed by atoms with Crippen molar-refractivity contribution in [3.8, 4) is 0 Å². The monoisotopic (exact) mass is 581 g/mol. The van der Waals surface area contributed by atoms with Crippen LogP contribution in [0, 0.1) is 13.8 Å². The highest BCUT2D eigenvalue weighted by Gasteiger charge is 2.33. The predicted molar refractivity (Wildman–Crippen MR) is 163 cm³/mol. The van der Waals surface area contributed by atoms with Crippen LogP contribution < -0.4 is 9.62 Å². The first-order chi connectivity index (χ1) is 19.1. The lowest BCUT2D eigenvalue weighted by Gasteiger charge is -2.33. The number of sulfonamides is 1. The van der Waals surface area contributed by atoms with Gasteiger partial charge in [-0.2, -0.15) is 0 Å². The quantitative estimate of drug-likeness (QED) is 0.267. The SMILES string of the molecule is CCCNC(=O)C(CC)N(Cc1cccc(C)c1)C(=O)CN(c1ccc(C)cc1)S(=O)(=O)c1ccc(SC)cc1. The number of hydrogen-bond donors (Lipinski definition) is 1. The van der Waals surface area contributed by atoms with Gasteiger partial charge in [0.25, 0.3) is 10.0 Å². The van der Waals surface area contributed by atoms with Crippen LogP contribution in [0.4, 0.5) is 5.69 Å². The molecule has 0 heterocycles. The van der Waals surface area contributed by atoms with Crippen LogP contribution in [0.5, 0.6) is 0 Å². The first-order valence-electron chi connectivity index (χ1n) is 13.5. The van der Waals surface area contributed by atoms with Gasteiger partial charge in [0.2, 0.25) is 11.8 Å². The van der Waals surface area contributed by atoms with E-state index in [0.29, 0.717) is 18.7 Å². The summed E-state index contributed by atoms with van der Waals surface area (Å²) in [5.74, 6) is -0.701. The van der Waals surface area contributed by atoms with E-state index < -0.39 is 28.5 Å². The molecule has 0 saturated heterocycles.